The number of hydrogen-bond acceptors (Lipinski definition) is 4. The number of benzene rings is 1. The minimum Gasteiger partial charge on any atom is -0.452 e. The molecule has 2 aromatic rings. The molecule has 15 heavy (non-hydrogen) atoms. The molecule has 0 N–H and O–H groups in total. The first-order valence-electron chi connectivity index (χ1n) is 4.11. The third kappa shape index (κ3) is 1.87. The lowest BCUT2D eigenvalue weighted by Crippen LogP contribution is -2.13. The molecule has 1 aromatic heterocycles. The molecule has 0 aliphatic rings. The number of hydrogen-bond donors (Lipinski definition) is 0. The fourth-order valence-corrected chi connectivity index (χ4v) is 1.21. The first-order chi connectivity index (χ1) is 7.20. The Hall–Kier alpha value is -1.75. The van der Waals surface area contributed by atoms with Gasteiger partial charge in [0.15, 0.2) is 0 Å². The van der Waals surface area contributed by atoms with E-state index < -0.39 is 5.76 Å². The molecule has 0 saturated heterocycles. The van der Waals surface area contributed by atoms with Gasteiger partial charge in [0, 0.05) is 5.02 Å². The van der Waals surface area contributed by atoms with Gasteiger partial charge in [-0.2, -0.15) is 4.68 Å². The minimum absolute atomic E-state index is 0.0741. The number of rotatable bonds is 2. The average molecular weight is 227 g/mol. The molecule has 2 rings (SSSR count). The first kappa shape index (κ1) is 9.79. The van der Waals surface area contributed by atoms with Gasteiger partial charge in [-0.3, -0.25) is 0 Å². The highest BCUT2D eigenvalue weighted by Crippen LogP contribution is 2.12. The van der Waals surface area contributed by atoms with Crippen LogP contribution >= 0.6 is 11.6 Å². The lowest BCUT2D eigenvalue weighted by Gasteiger charge is -1.96. The Morgan fingerprint density at radius 1 is 1.40 bits per heavy atom. The van der Waals surface area contributed by atoms with Gasteiger partial charge < -0.3 is 9.15 Å². The van der Waals surface area contributed by atoms with Crippen LogP contribution < -0.4 is 10.5 Å². The van der Waals surface area contributed by atoms with E-state index in [0.29, 0.717) is 10.7 Å². The SMILES string of the molecule is COc1nn(-c2ccc(Cl)cc2)c(=O)o1. The third-order valence-corrected chi connectivity index (χ3v) is 2.03. The molecule has 6 heteroatoms. The Kier molecular flexibility index (Phi) is 2.47. The van der Waals surface area contributed by atoms with Crippen molar-refractivity contribution in [2.24, 2.45) is 0 Å². The number of ether oxygens (including phenoxy) is 1. The summed E-state index contributed by atoms with van der Waals surface area (Å²) in [4.78, 5) is 11.3. The summed E-state index contributed by atoms with van der Waals surface area (Å²) in [5, 5.41) is 4.39. The van der Waals surface area contributed by atoms with Crippen molar-refractivity contribution in [2.45, 2.75) is 0 Å². The fourth-order valence-electron chi connectivity index (χ4n) is 1.09. The Morgan fingerprint density at radius 3 is 2.60 bits per heavy atom. The highest BCUT2D eigenvalue weighted by Gasteiger charge is 2.09. The quantitative estimate of drug-likeness (QED) is 0.779. The second kappa shape index (κ2) is 3.78. The largest absolute Gasteiger partial charge is 0.452 e. The van der Waals surface area contributed by atoms with E-state index in [1.807, 2.05) is 0 Å². The lowest BCUT2D eigenvalue weighted by molar-refractivity contribution is 0.282. The molecule has 0 amide bonds. The van der Waals surface area contributed by atoms with Gasteiger partial charge in [0.25, 0.3) is 0 Å². The van der Waals surface area contributed by atoms with Gasteiger partial charge in [-0.1, -0.05) is 16.7 Å². The number of methoxy groups -OCH3 is 1. The monoisotopic (exact) mass is 226 g/mol. The predicted molar refractivity (Wildman–Crippen MR) is 53.7 cm³/mol. The van der Waals surface area contributed by atoms with Gasteiger partial charge in [0.1, 0.15) is 0 Å². The summed E-state index contributed by atoms with van der Waals surface area (Å²) in [7, 11) is 1.37. The molecular weight excluding hydrogens is 220 g/mol. The highest BCUT2D eigenvalue weighted by atomic mass is 35.5. The van der Waals surface area contributed by atoms with E-state index in [0.717, 1.165) is 4.68 Å². The van der Waals surface area contributed by atoms with E-state index in [2.05, 4.69) is 9.52 Å². The van der Waals surface area contributed by atoms with Crippen molar-refractivity contribution in [1.82, 2.24) is 9.78 Å². The fraction of sp³-hybridized carbons (Fsp3) is 0.111. The van der Waals surface area contributed by atoms with E-state index in [1.165, 1.54) is 7.11 Å². The summed E-state index contributed by atoms with van der Waals surface area (Å²) in [6.45, 7) is 0. The summed E-state index contributed by atoms with van der Waals surface area (Å²) in [5.74, 6) is -0.603. The van der Waals surface area contributed by atoms with E-state index in [9.17, 15) is 4.79 Å². The standard InChI is InChI=1S/C9H7ClN2O3/c1-14-8-11-12(9(13)15-8)7-4-2-6(10)3-5-7/h2-5H,1H3. The van der Waals surface area contributed by atoms with Gasteiger partial charge in [-0.15, -0.1) is 0 Å². The molecule has 0 fully saturated rings. The van der Waals surface area contributed by atoms with Gasteiger partial charge in [0.05, 0.1) is 12.8 Å². The first-order valence-corrected chi connectivity index (χ1v) is 4.48. The third-order valence-electron chi connectivity index (χ3n) is 1.78. The van der Waals surface area contributed by atoms with E-state index in [-0.39, 0.29) is 6.08 Å². The molecule has 0 bridgehead atoms. The Bertz CT molecular complexity index is 515. The molecule has 78 valence electrons. The van der Waals surface area contributed by atoms with E-state index in [4.69, 9.17) is 16.3 Å². The van der Waals surface area contributed by atoms with Crippen LogP contribution in [0.3, 0.4) is 0 Å². The van der Waals surface area contributed by atoms with Crippen LogP contribution in [0.25, 0.3) is 5.69 Å². The predicted octanol–water partition coefficient (Wildman–Crippen LogP) is 1.49. The number of nitrogens with zero attached hydrogens (tertiary/aromatic N) is 2. The molecule has 0 aliphatic heterocycles. The zero-order valence-corrected chi connectivity index (χ0v) is 8.56. The van der Waals surface area contributed by atoms with E-state index >= 15 is 0 Å². The summed E-state index contributed by atoms with van der Waals surface area (Å²) in [6.07, 6.45) is -0.0741. The Labute approximate surface area is 89.8 Å². The maximum Gasteiger partial charge on any atom is 0.444 e. The summed E-state index contributed by atoms with van der Waals surface area (Å²) >= 11 is 5.72. The molecule has 1 heterocycles. The van der Waals surface area contributed by atoms with Crippen molar-refractivity contribution in [1.29, 1.82) is 0 Å². The normalized spacial score (nSPS) is 10.3. The average Bonchev–Trinajstić information content (AvgIpc) is 2.61. The Balaban J connectivity index is 2.49. The van der Waals surface area contributed by atoms with Crippen LogP contribution in [0.15, 0.2) is 33.5 Å². The second-order valence-corrected chi connectivity index (χ2v) is 3.16. The van der Waals surface area contributed by atoms with Crippen LogP contribution in [0.4, 0.5) is 0 Å². The molecule has 0 radical (unpaired) electrons. The zero-order chi connectivity index (χ0) is 10.8. The van der Waals surface area contributed by atoms with Gasteiger partial charge in [0.2, 0.25) is 0 Å². The van der Waals surface area contributed by atoms with Crippen LogP contribution in [0.5, 0.6) is 6.08 Å². The summed E-state index contributed by atoms with van der Waals surface area (Å²) < 4.78 is 10.5. The second-order valence-electron chi connectivity index (χ2n) is 2.73. The van der Waals surface area contributed by atoms with Gasteiger partial charge in [-0.25, -0.2) is 4.79 Å². The van der Waals surface area contributed by atoms with Crippen LogP contribution in [-0.2, 0) is 0 Å². The van der Waals surface area contributed by atoms with Crippen LogP contribution in [0.1, 0.15) is 0 Å². The molecule has 1 aromatic carbocycles. The van der Waals surface area contributed by atoms with Crippen molar-refractivity contribution in [2.75, 3.05) is 7.11 Å². The van der Waals surface area contributed by atoms with Crippen LogP contribution in [-0.4, -0.2) is 16.9 Å². The van der Waals surface area contributed by atoms with Gasteiger partial charge in [-0.05, 0) is 24.3 Å². The van der Waals surface area contributed by atoms with Crippen molar-refractivity contribution in [3.8, 4) is 11.8 Å². The maximum absolute atomic E-state index is 11.3. The number of aromatic nitrogens is 2. The highest BCUT2D eigenvalue weighted by molar-refractivity contribution is 6.30. The van der Waals surface area contributed by atoms with Gasteiger partial charge >= 0.3 is 11.8 Å². The number of halogens is 1. The van der Waals surface area contributed by atoms with Crippen LogP contribution in [0.2, 0.25) is 5.02 Å². The smallest absolute Gasteiger partial charge is 0.444 e. The molecule has 0 aliphatic carbocycles. The van der Waals surface area contributed by atoms with Crippen molar-refractivity contribution < 1.29 is 9.15 Å². The molecule has 0 atom stereocenters. The molecule has 5 nitrogen and oxygen atoms in total. The Morgan fingerprint density at radius 2 is 2.07 bits per heavy atom. The summed E-state index contributed by atoms with van der Waals surface area (Å²) in [6, 6.07) is 6.63. The minimum atomic E-state index is -0.603. The molecular formula is C9H7ClN2O3. The summed E-state index contributed by atoms with van der Waals surface area (Å²) in [5.41, 5.74) is 0.566. The maximum atomic E-state index is 11.3. The zero-order valence-electron chi connectivity index (χ0n) is 7.81. The lowest BCUT2D eigenvalue weighted by atomic mass is 10.3. The van der Waals surface area contributed by atoms with Crippen LogP contribution in [0, 0.1) is 0 Å². The molecule has 0 saturated carbocycles. The molecule has 0 spiro atoms. The van der Waals surface area contributed by atoms with Crippen molar-refractivity contribution in [3.63, 3.8) is 0 Å². The van der Waals surface area contributed by atoms with E-state index in [1.54, 1.807) is 24.3 Å². The molecule has 0 unspecified atom stereocenters. The topological polar surface area (TPSA) is 57.3 Å². The van der Waals surface area contributed by atoms with Crippen molar-refractivity contribution in [3.05, 3.63) is 39.8 Å². The van der Waals surface area contributed by atoms with Crippen molar-refractivity contribution >= 4 is 11.6 Å².